The highest BCUT2D eigenvalue weighted by atomic mass is 35.5. The van der Waals surface area contributed by atoms with Crippen molar-refractivity contribution in [1.82, 2.24) is 5.32 Å². The number of hydrogen-bond donors (Lipinski definition) is 2. The van der Waals surface area contributed by atoms with E-state index < -0.39 is 18.0 Å². The van der Waals surface area contributed by atoms with Gasteiger partial charge in [-0.15, -0.1) is 0 Å². The van der Waals surface area contributed by atoms with Crippen molar-refractivity contribution in [3.05, 3.63) is 64.1 Å². The van der Waals surface area contributed by atoms with Crippen LogP contribution in [-0.4, -0.2) is 19.1 Å². The van der Waals surface area contributed by atoms with Gasteiger partial charge in [0.1, 0.15) is 0 Å². The molecule has 0 aliphatic heterocycles. The van der Waals surface area contributed by atoms with Crippen LogP contribution in [0.4, 0.5) is 10.5 Å². The van der Waals surface area contributed by atoms with E-state index in [0.29, 0.717) is 21.3 Å². The second-order valence-corrected chi connectivity index (χ2v) is 5.43. The zero-order valence-corrected chi connectivity index (χ0v) is 13.7. The molecule has 0 radical (unpaired) electrons. The van der Waals surface area contributed by atoms with Crippen molar-refractivity contribution < 1.29 is 14.3 Å². The molecule has 23 heavy (non-hydrogen) atoms. The summed E-state index contributed by atoms with van der Waals surface area (Å²) in [6, 6.07) is 11.9. The van der Waals surface area contributed by atoms with Gasteiger partial charge in [0.2, 0.25) is 0 Å². The number of urea groups is 1. The smallest absolute Gasteiger partial charge is 0.333 e. The molecule has 2 N–H and O–H groups in total. The van der Waals surface area contributed by atoms with Gasteiger partial charge in [-0.25, -0.2) is 9.59 Å². The molecule has 0 heterocycles. The number of amides is 2. The van der Waals surface area contributed by atoms with Crippen LogP contribution >= 0.6 is 23.2 Å². The lowest BCUT2D eigenvalue weighted by Gasteiger charge is -2.17. The third-order valence-corrected chi connectivity index (χ3v) is 3.57. The van der Waals surface area contributed by atoms with Gasteiger partial charge in [-0.05, 0) is 23.8 Å². The Morgan fingerprint density at radius 3 is 2.39 bits per heavy atom. The molecule has 2 aromatic carbocycles. The lowest BCUT2D eigenvalue weighted by Crippen LogP contribution is -2.37. The van der Waals surface area contributed by atoms with E-state index in [0.717, 1.165) is 0 Å². The number of rotatable bonds is 4. The average Bonchev–Trinajstić information content (AvgIpc) is 2.55. The minimum absolute atomic E-state index is 0.293. The third kappa shape index (κ3) is 4.61. The Morgan fingerprint density at radius 2 is 1.78 bits per heavy atom. The number of nitrogens with one attached hydrogen (secondary N) is 2. The number of benzene rings is 2. The fraction of sp³-hybridized carbons (Fsp3) is 0.125. The molecule has 7 heteroatoms. The maximum Gasteiger partial charge on any atom is 0.333 e. The van der Waals surface area contributed by atoms with E-state index in [1.165, 1.54) is 13.2 Å². The molecule has 0 aliphatic carbocycles. The van der Waals surface area contributed by atoms with Gasteiger partial charge in [-0.1, -0.05) is 53.5 Å². The lowest BCUT2D eigenvalue weighted by atomic mass is 10.1. The minimum atomic E-state index is -0.924. The summed E-state index contributed by atoms with van der Waals surface area (Å²) < 4.78 is 4.73. The van der Waals surface area contributed by atoms with Crippen LogP contribution in [0.3, 0.4) is 0 Å². The molecule has 120 valence electrons. The Kier molecular flexibility index (Phi) is 5.84. The molecule has 0 fully saturated rings. The molecule has 2 aromatic rings. The van der Waals surface area contributed by atoms with Crippen molar-refractivity contribution in [2.45, 2.75) is 6.04 Å². The molecular weight excluding hydrogens is 339 g/mol. The summed E-state index contributed by atoms with van der Waals surface area (Å²) in [4.78, 5) is 24.0. The van der Waals surface area contributed by atoms with E-state index >= 15 is 0 Å². The fourth-order valence-electron chi connectivity index (χ4n) is 1.92. The number of carbonyl (C=O) groups is 2. The van der Waals surface area contributed by atoms with Crippen LogP contribution in [-0.2, 0) is 9.53 Å². The van der Waals surface area contributed by atoms with Crippen molar-refractivity contribution in [2.75, 3.05) is 12.4 Å². The summed E-state index contributed by atoms with van der Waals surface area (Å²) in [7, 11) is 1.26. The molecule has 0 unspecified atom stereocenters. The average molecular weight is 353 g/mol. The molecule has 2 amide bonds. The highest BCUT2D eigenvalue weighted by Crippen LogP contribution is 2.25. The topological polar surface area (TPSA) is 67.4 Å². The number of anilines is 1. The van der Waals surface area contributed by atoms with Crippen LogP contribution in [0.5, 0.6) is 0 Å². The van der Waals surface area contributed by atoms with Crippen LogP contribution in [0.2, 0.25) is 10.0 Å². The normalized spacial score (nSPS) is 11.4. The number of halogens is 2. The summed E-state index contributed by atoms with van der Waals surface area (Å²) in [5.74, 6) is -0.575. The largest absolute Gasteiger partial charge is 0.467 e. The van der Waals surface area contributed by atoms with Gasteiger partial charge in [0, 0.05) is 5.02 Å². The van der Waals surface area contributed by atoms with E-state index in [1.54, 1.807) is 36.4 Å². The van der Waals surface area contributed by atoms with Crippen molar-refractivity contribution in [2.24, 2.45) is 0 Å². The van der Waals surface area contributed by atoms with E-state index in [1.807, 2.05) is 6.07 Å². The standard InChI is InChI=1S/C16H14Cl2N2O3/c1-23-15(21)14(10-5-3-2-4-6-10)20-16(22)19-13-8-7-11(17)9-12(13)18/h2-9,14H,1H3,(H2,19,20,22)/t14-/m1/s1. The highest BCUT2D eigenvalue weighted by molar-refractivity contribution is 6.36. The molecule has 0 bridgehead atoms. The van der Waals surface area contributed by atoms with E-state index in [-0.39, 0.29) is 0 Å². The maximum absolute atomic E-state index is 12.1. The Hall–Kier alpha value is -2.24. The lowest BCUT2D eigenvalue weighted by molar-refractivity contribution is -0.143. The van der Waals surface area contributed by atoms with Crippen LogP contribution in [0.15, 0.2) is 48.5 Å². The molecule has 2 rings (SSSR count). The number of carbonyl (C=O) groups excluding carboxylic acids is 2. The first-order valence-corrected chi connectivity index (χ1v) is 7.42. The van der Waals surface area contributed by atoms with Crippen LogP contribution in [0, 0.1) is 0 Å². The zero-order valence-electron chi connectivity index (χ0n) is 12.2. The molecule has 0 saturated carbocycles. The Balaban J connectivity index is 2.13. The van der Waals surface area contributed by atoms with Gasteiger partial charge < -0.3 is 15.4 Å². The SMILES string of the molecule is COC(=O)[C@H](NC(=O)Nc1ccc(Cl)cc1Cl)c1ccccc1. The molecular formula is C16H14Cl2N2O3. The van der Waals surface area contributed by atoms with E-state index in [9.17, 15) is 9.59 Å². The first kappa shape index (κ1) is 17.1. The second-order valence-electron chi connectivity index (χ2n) is 4.59. The van der Waals surface area contributed by atoms with E-state index in [4.69, 9.17) is 27.9 Å². The Bertz CT molecular complexity index is 708. The van der Waals surface area contributed by atoms with Crippen molar-refractivity contribution in [3.63, 3.8) is 0 Å². The van der Waals surface area contributed by atoms with Gasteiger partial charge >= 0.3 is 12.0 Å². The molecule has 0 aromatic heterocycles. The summed E-state index contributed by atoms with van der Waals surface area (Å²) in [6.45, 7) is 0. The van der Waals surface area contributed by atoms with Crippen molar-refractivity contribution in [3.8, 4) is 0 Å². The Labute approximate surface area is 143 Å². The van der Waals surface area contributed by atoms with Crippen molar-refractivity contribution in [1.29, 1.82) is 0 Å². The van der Waals surface area contributed by atoms with Gasteiger partial charge in [-0.2, -0.15) is 0 Å². The number of esters is 1. The summed E-state index contributed by atoms with van der Waals surface area (Å²) in [5, 5.41) is 5.88. The number of methoxy groups -OCH3 is 1. The van der Waals surface area contributed by atoms with Gasteiger partial charge in [0.15, 0.2) is 6.04 Å². The second kappa shape index (κ2) is 7.85. The Morgan fingerprint density at radius 1 is 1.09 bits per heavy atom. The molecule has 0 spiro atoms. The van der Waals surface area contributed by atoms with Crippen LogP contribution in [0.1, 0.15) is 11.6 Å². The summed E-state index contributed by atoms with van der Waals surface area (Å²) >= 11 is 11.8. The number of ether oxygens (including phenoxy) is 1. The fourth-order valence-corrected chi connectivity index (χ4v) is 2.38. The van der Waals surface area contributed by atoms with E-state index in [2.05, 4.69) is 10.6 Å². The monoisotopic (exact) mass is 352 g/mol. The molecule has 5 nitrogen and oxygen atoms in total. The molecule has 0 aliphatic rings. The molecule has 1 atom stereocenters. The van der Waals surface area contributed by atoms with Gasteiger partial charge in [0.05, 0.1) is 17.8 Å². The van der Waals surface area contributed by atoms with Gasteiger partial charge in [0.25, 0.3) is 0 Å². The minimum Gasteiger partial charge on any atom is -0.467 e. The summed E-state index contributed by atoms with van der Waals surface area (Å²) in [5.41, 5.74) is 0.988. The zero-order chi connectivity index (χ0) is 16.8. The predicted molar refractivity (Wildman–Crippen MR) is 89.8 cm³/mol. The highest BCUT2D eigenvalue weighted by Gasteiger charge is 2.23. The number of hydrogen-bond acceptors (Lipinski definition) is 3. The maximum atomic E-state index is 12.1. The third-order valence-electron chi connectivity index (χ3n) is 3.02. The van der Waals surface area contributed by atoms with Gasteiger partial charge in [-0.3, -0.25) is 0 Å². The van der Waals surface area contributed by atoms with Crippen LogP contribution < -0.4 is 10.6 Å². The molecule has 0 saturated heterocycles. The van der Waals surface area contributed by atoms with Crippen molar-refractivity contribution >= 4 is 40.9 Å². The first-order valence-electron chi connectivity index (χ1n) is 6.66. The van der Waals surface area contributed by atoms with Crippen LogP contribution in [0.25, 0.3) is 0 Å². The first-order chi connectivity index (χ1) is 11.0. The summed E-state index contributed by atoms with van der Waals surface area (Å²) in [6.07, 6.45) is 0. The predicted octanol–water partition coefficient (Wildman–Crippen LogP) is 4.03. The quantitative estimate of drug-likeness (QED) is 0.816.